The first-order chi connectivity index (χ1) is 61.0. The number of hydrogen-bond acceptors (Lipinski definition) is 28. The van der Waals surface area contributed by atoms with Crippen LogP contribution in [0.1, 0.15) is 206 Å². The molecule has 0 amide bonds. The van der Waals surface area contributed by atoms with Crippen molar-refractivity contribution in [1.82, 2.24) is 80.5 Å². The molecule has 0 aromatic carbocycles. The predicted molar refractivity (Wildman–Crippen MR) is 537 cm³/mol. The Morgan fingerprint density at radius 2 is 0.795 bits per heavy atom. The highest BCUT2D eigenvalue weighted by Gasteiger charge is 2.23. The SMILES string of the molecule is CC(=N)N1CCC(C)CC1.CC(=N)N1CCN(C)CC1.CC1CCN(C(=N)N)CC1.CCC1=NCCC1.CCC1=NCCC1.CCN(C)C1=NCCC1.CCN(C)C1=NCCN1.CCN(C)C1=NCCO1.CCNC1=NCCC1.CCNC1=NCCN1.CCNC1=NCCO1.CN1CCN(C(=N)N)CC1.COC1CCN(C(=N)N)CC1.COC1CCN(C(C)=N)CC1. The van der Waals surface area contributed by atoms with Crippen molar-refractivity contribution < 1.29 is 18.9 Å². The molecule has 0 saturated carbocycles. The van der Waals surface area contributed by atoms with Crippen molar-refractivity contribution in [3.05, 3.63) is 0 Å². The standard InChI is InChI=1S/C8H16N2O.C8H16N2.C7H15N3O.2C7H15N3.C7H14N2.C6H14N4.C6H13N3.C6H12N2O.C6H12N2.2C6H11N.C5H11N3.C5H10N2O/c1-7(9)10-5-3-8(11-2)4-6-10;1-7-3-5-10(6-4-7)8(2)9;1-11-6-2-4-10(5-3-6)7(8)9;1-7(8)10-5-3-9(2)4-6-10;1-6-2-4-10(5-3-6)7(8)9;1-3-9(2)7-5-4-6-8-7;1-9-2-4-10(5-3-9)6(7)8;1-3-9(2)6-7-4-5-8-6;1-3-8(2)6-7-4-5-9-6;1-2-7-6-4-3-5-8-6;2*1-2-6-4-3-5-7-6;2*1-2-6-5-7-3-4-8-5/h8-9H,3-6H2,1-2H3;7,9H,3-6H2,1-2H3;6H,2-5H2,1H3,(H3,8,9);8H,3-6H2,1-2H3;6H,2-5H2,1H3,(H3,8,9);3-6H2,1-2H3;2-5H2,1H3,(H3,7,8);3-5H2,1-2H3,(H,7,8);3-5H2,1-2H3;2-5H2,1H3,(H,7,8);2*2-5H2,1H3;2-4H2,1H3,(H2,6,7,8);2-4H2,1H3,(H,6,7). The Bertz CT molecular complexity index is 2860. The van der Waals surface area contributed by atoms with Crippen LogP contribution in [0, 0.1) is 44.3 Å². The number of hydrogen-bond donors (Lipinski definition) is 14. The second kappa shape index (κ2) is 73.2. The Kier molecular flexibility index (Phi) is 67.1. The monoisotopic (exact) mass is 1790 g/mol. The second-order valence-corrected chi connectivity index (χ2v) is 33.3. The van der Waals surface area contributed by atoms with Crippen LogP contribution in [0.15, 0.2) is 39.9 Å². The second-order valence-electron chi connectivity index (χ2n) is 33.3. The number of aliphatic imine (C=N–C) groups is 8. The Morgan fingerprint density at radius 1 is 0.409 bits per heavy atom. The highest BCUT2D eigenvalue weighted by molar-refractivity contribution is 5.87. The molecule has 37 heteroatoms. The molecule has 734 valence electrons. The van der Waals surface area contributed by atoms with Crippen molar-refractivity contribution in [3.8, 4) is 0 Å². The third-order valence-corrected chi connectivity index (χ3v) is 23.1. The van der Waals surface area contributed by atoms with E-state index >= 15 is 0 Å². The molecule has 6 fully saturated rings. The average Bonchev–Trinajstić information content (AvgIpc) is 1.31. The third-order valence-electron chi connectivity index (χ3n) is 23.1. The fourth-order valence-electron chi connectivity index (χ4n) is 14.0. The summed E-state index contributed by atoms with van der Waals surface area (Å²) in [5, 5.41) is 59.1. The summed E-state index contributed by atoms with van der Waals surface area (Å²) >= 11 is 0. The van der Waals surface area contributed by atoms with Gasteiger partial charge in [0.2, 0.25) is 0 Å². The minimum absolute atomic E-state index is 0.180. The number of nitrogens with zero attached hydrogens (tertiary/aromatic N) is 19. The van der Waals surface area contributed by atoms with E-state index < -0.39 is 0 Å². The lowest BCUT2D eigenvalue weighted by atomic mass is 9.99. The molecule has 0 radical (unpaired) electrons. The fourth-order valence-corrected chi connectivity index (χ4v) is 14.0. The number of likely N-dealkylation sites (tertiary alicyclic amines) is 4. The predicted octanol–water partition coefficient (Wildman–Crippen LogP) is 7.71. The van der Waals surface area contributed by atoms with Gasteiger partial charge >= 0.3 is 0 Å². The van der Waals surface area contributed by atoms with E-state index in [4.69, 9.17) is 68.6 Å². The third kappa shape index (κ3) is 56.5. The van der Waals surface area contributed by atoms with Crippen LogP contribution in [0.2, 0.25) is 0 Å². The zero-order chi connectivity index (χ0) is 94.5. The van der Waals surface area contributed by atoms with Gasteiger partial charge in [-0.05, 0) is 191 Å². The number of amidine groups is 7. The number of likely N-dealkylation sites (N-methyl/N-ethyl adjacent to an activating group) is 2. The van der Waals surface area contributed by atoms with Crippen molar-refractivity contribution >= 4 is 82.4 Å². The summed E-state index contributed by atoms with van der Waals surface area (Å²) in [5.74, 6) is 8.89. The number of nitrogens with two attached hydrogens (primary N) is 3. The number of guanidine groups is 5. The van der Waals surface area contributed by atoms with E-state index in [1.54, 1.807) is 14.2 Å². The van der Waals surface area contributed by atoms with Gasteiger partial charge in [-0.2, -0.15) is 0 Å². The summed E-state index contributed by atoms with van der Waals surface area (Å²) in [7, 11) is 13.8. The van der Waals surface area contributed by atoms with Gasteiger partial charge in [-0.25, -0.2) is 9.98 Å². The van der Waals surface area contributed by atoms with E-state index in [9.17, 15) is 0 Å². The van der Waals surface area contributed by atoms with E-state index in [0.717, 1.165) is 290 Å². The highest BCUT2D eigenvalue weighted by atomic mass is 16.5. The van der Waals surface area contributed by atoms with Gasteiger partial charge < -0.3 is 117 Å². The Balaban J connectivity index is 0.000000685. The maximum Gasteiger partial charge on any atom is 0.287 e. The number of methoxy groups -OCH3 is 2. The topological polar surface area (TPSA) is 453 Å². The minimum atomic E-state index is 0.180. The van der Waals surface area contributed by atoms with Crippen LogP contribution >= 0.6 is 0 Å². The van der Waals surface area contributed by atoms with Crippen LogP contribution in [0.5, 0.6) is 0 Å². The number of ether oxygens (including phenoxy) is 4. The zero-order valence-corrected chi connectivity index (χ0v) is 83.4. The molecule has 127 heavy (non-hydrogen) atoms. The molecule has 14 aliphatic rings. The van der Waals surface area contributed by atoms with Gasteiger partial charge in [-0.15, -0.1) is 0 Å². The summed E-state index contributed by atoms with van der Waals surface area (Å²) in [6, 6.07) is 1.49. The van der Waals surface area contributed by atoms with E-state index in [-0.39, 0.29) is 17.9 Å². The van der Waals surface area contributed by atoms with Gasteiger partial charge in [0.25, 0.3) is 12.0 Å². The molecule has 0 aromatic heterocycles. The maximum absolute atomic E-state index is 7.40. The van der Waals surface area contributed by atoms with Crippen molar-refractivity contribution in [2.24, 2.45) is 69.0 Å². The lowest BCUT2D eigenvalue weighted by Crippen LogP contribution is -2.49. The van der Waals surface area contributed by atoms with Gasteiger partial charge in [0.05, 0.1) is 67.6 Å². The first-order valence-electron chi connectivity index (χ1n) is 47.9. The van der Waals surface area contributed by atoms with Gasteiger partial charge in [0.1, 0.15) is 13.2 Å². The Hall–Kier alpha value is -8.58. The first kappa shape index (κ1) is 116. The Labute approximate surface area is 769 Å². The molecule has 37 nitrogen and oxygen atoms in total. The quantitative estimate of drug-likeness (QED) is 0.0735. The van der Waals surface area contributed by atoms with Crippen LogP contribution in [-0.4, -0.2) is 421 Å². The van der Waals surface area contributed by atoms with Crippen LogP contribution in [0.3, 0.4) is 0 Å². The summed E-state index contributed by atoms with van der Waals surface area (Å²) < 4.78 is 20.6. The molecule has 14 rings (SSSR count). The molecular weight excluding hydrogens is 1610 g/mol. The van der Waals surface area contributed by atoms with Gasteiger partial charge in [-0.3, -0.25) is 62.4 Å². The molecule has 0 bridgehead atoms. The molecule has 0 aromatic rings. The van der Waals surface area contributed by atoms with Crippen molar-refractivity contribution in [1.29, 1.82) is 32.5 Å². The molecule has 0 atom stereocenters. The van der Waals surface area contributed by atoms with E-state index in [1.807, 2.05) is 61.4 Å². The lowest BCUT2D eigenvalue weighted by molar-refractivity contribution is 0.0574. The summed E-state index contributed by atoms with van der Waals surface area (Å²) in [5.41, 5.74) is 18.8. The summed E-state index contributed by atoms with van der Waals surface area (Å²) in [6.45, 7) is 59.9. The zero-order valence-electron chi connectivity index (χ0n) is 83.4. The molecule has 17 N–H and O–H groups in total. The number of rotatable bonds is 10. The van der Waals surface area contributed by atoms with Crippen molar-refractivity contribution in [3.63, 3.8) is 0 Å². The lowest BCUT2D eigenvalue weighted by Gasteiger charge is -2.32. The minimum Gasteiger partial charge on any atom is -0.463 e. The molecule has 0 unspecified atom stereocenters. The Morgan fingerprint density at radius 3 is 1.13 bits per heavy atom. The first-order valence-corrected chi connectivity index (χ1v) is 47.9. The number of piperazine rings is 2. The normalized spacial score (nSPS) is 19.4. The molecule has 6 saturated heterocycles. The van der Waals surface area contributed by atoms with Crippen LogP contribution in [-0.2, 0) is 18.9 Å². The van der Waals surface area contributed by atoms with E-state index in [0.29, 0.717) is 29.9 Å². The van der Waals surface area contributed by atoms with Crippen LogP contribution in [0.4, 0.5) is 0 Å². The fraction of sp³-hybridized carbons (Fsp3) is 0.844. The van der Waals surface area contributed by atoms with Gasteiger partial charge in [0, 0.05) is 243 Å². The number of piperidine rings is 4. The molecule has 0 aliphatic carbocycles. The van der Waals surface area contributed by atoms with Crippen molar-refractivity contribution in [2.75, 3.05) is 272 Å². The van der Waals surface area contributed by atoms with Gasteiger partial charge in [0.15, 0.2) is 29.8 Å². The molecule has 0 spiro atoms. The van der Waals surface area contributed by atoms with Crippen LogP contribution < -0.4 is 43.8 Å². The molecular formula is C90H185N33O4. The summed E-state index contributed by atoms with van der Waals surface area (Å²) in [6.07, 6.45) is 22.0. The van der Waals surface area contributed by atoms with E-state index in [2.05, 4.69) is 184 Å². The van der Waals surface area contributed by atoms with Crippen LogP contribution in [0.25, 0.3) is 0 Å². The smallest absolute Gasteiger partial charge is 0.287 e. The average molecular weight is 1790 g/mol. The van der Waals surface area contributed by atoms with E-state index in [1.165, 1.54) is 107 Å². The molecule has 14 aliphatic heterocycles. The highest BCUT2D eigenvalue weighted by Crippen LogP contribution is 2.18. The largest absolute Gasteiger partial charge is 0.463 e. The maximum atomic E-state index is 7.40. The van der Waals surface area contributed by atoms with Gasteiger partial charge in [-0.1, -0.05) is 27.7 Å². The van der Waals surface area contributed by atoms with Crippen molar-refractivity contribution in [2.45, 2.75) is 218 Å². The number of nitrogens with one attached hydrogen (secondary N) is 11. The summed E-state index contributed by atoms with van der Waals surface area (Å²) in [4.78, 5) is 56.5. The molecule has 14 heterocycles.